The van der Waals surface area contributed by atoms with Gasteiger partial charge in [-0.15, -0.1) is 0 Å². The Hall–Kier alpha value is -1.89. The van der Waals surface area contributed by atoms with Crippen molar-refractivity contribution in [1.29, 1.82) is 0 Å². The highest BCUT2D eigenvalue weighted by Gasteiger charge is 2.17. The number of esters is 1. The van der Waals surface area contributed by atoms with E-state index in [0.717, 1.165) is 23.2 Å². The van der Waals surface area contributed by atoms with Crippen LogP contribution in [0.2, 0.25) is 0 Å². The van der Waals surface area contributed by atoms with E-state index in [4.69, 9.17) is 4.42 Å². The van der Waals surface area contributed by atoms with Crippen LogP contribution < -0.4 is 0 Å². The van der Waals surface area contributed by atoms with Crippen LogP contribution in [-0.4, -0.2) is 28.0 Å². The minimum Gasteiger partial charge on any atom is -0.465 e. The number of aromatic nitrogens is 3. The first-order valence-corrected chi connectivity index (χ1v) is 5.93. The fraction of sp³-hybridized carbons (Fsp3) is 0.273. The zero-order valence-electron chi connectivity index (χ0n) is 10.1. The van der Waals surface area contributed by atoms with Crippen LogP contribution in [0.5, 0.6) is 0 Å². The molecule has 6 nitrogen and oxygen atoms in total. The Bertz CT molecular complexity index is 563. The Morgan fingerprint density at radius 3 is 2.83 bits per heavy atom. The molecule has 18 heavy (non-hydrogen) atoms. The Kier molecular flexibility index (Phi) is 3.61. The van der Waals surface area contributed by atoms with Crippen LogP contribution in [0, 0.1) is 13.8 Å². The number of oxazole rings is 1. The van der Waals surface area contributed by atoms with E-state index in [1.807, 2.05) is 13.8 Å². The molecule has 0 bridgehead atoms. The van der Waals surface area contributed by atoms with Crippen LogP contribution in [0.15, 0.2) is 27.2 Å². The zero-order chi connectivity index (χ0) is 13.1. The standard InChI is InChI=1S/C11H11N3O3S/c1-6-7(2)17-11(14-6)18-9-8(10(15)16-3)4-12-5-13-9/h4-5H,1-3H3. The maximum Gasteiger partial charge on any atom is 0.342 e. The van der Waals surface area contributed by atoms with E-state index in [9.17, 15) is 4.79 Å². The summed E-state index contributed by atoms with van der Waals surface area (Å²) < 4.78 is 10.1. The molecule has 0 radical (unpaired) electrons. The number of hydrogen-bond acceptors (Lipinski definition) is 7. The van der Waals surface area contributed by atoms with Crippen molar-refractivity contribution in [1.82, 2.24) is 15.0 Å². The van der Waals surface area contributed by atoms with E-state index in [1.54, 1.807) is 0 Å². The quantitative estimate of drug-likeness (QED) is 0.620. The minimum absolute atomic E-state index is 0.290. The number of carbonyl (C=O) groups is 1. The summed E-state index contributed by atoms with van der Waals surface area (Å²) >= 11 is 1.16. The van der Waals surface area contributed by atoms with Crippen molar-refractivity contribution >= 4 is 17.7 Å². The lowest BCUT2D eigenvalue weighted by atomic mass is 10.3. The van der Waals surface area contributed by atoms with E-state index in [0.29, 0.717) is 15.8 Å². The van der Waals surface area contributed by atoms with Gasteiger partial charge in [-0.1, -0.05) is 0 Å². The SMILES string of the molecule is COC(=O)c1cncnc1Sc1nc(C)c(C)o1. The molecule has 0 aliphatic carbocycles. The normalized spacial score (nSPS) is 10.4. The van der Waals surface area contributed by atoms with Gasteiger partial charge < -0.3 is 9.15 Å². The third-order valence-electron chi connectivity index (χ3n) is 2.27. The van der Waals surface area contributed by atoms with E-state index >= 15 is 0 Å². The summed E-state index contributed by atoms with van der Waals surface area (Å²) in [5.41, 5.74) is 1.10. The highest BCUT2D eigenvalue weighted by Crippen LogP contribution is 2.29. The van der Waals surface area contributed by atoms with Crippen LogP contribution in [-0.2, 0) is 4.74 Å². The number of aryl methyl sites for hydroxylation is 2. The molecule has 2 aromatic rings. The Morgan fingerprint density at radius 1 is 1.44 bits per heavy atom. The molecular weight excluding hydrogens is 254 g/mol. The number of methoxy groups -OCH3 is 1. The molecular formula is C11H11N3O3S. The summed E-state index contributed by atoms with van der Waals surface area (Å²) in [7, 11) is 1.31. The van der Waals surface area contributed by atoms with Crippen molar-refractivity contribution in [2.24, 2.45) is 0 Å². The van der Waals surface area contributed by atoms with Crippen molar-refractivity contribution in [3.63, 3.8) is 0 Å². The van der Waals surface area contributed by atoms with Gasteiger partial charge >= 0.3 is 5.97 Å². The number of nitrogens with zero attached hydrogens (tertiary/aromatic N) is 3. The summed E-state index contributed by atoms with van der Waals surface area (Å²) in [4.78, 5) is 23.6. The van der Waals surface area contributed by atoms with E-state index in [2.05, 4.69) is 19.7 Å². The van der Waals surface area contributed by atoms with Crippen LogP contribution in [0.25, 0.3) is 0 Å². The summed E-state index contributed by atoms with van der Waals surface area (Å²) in [5.74, 6) is 0.254. The molecule has 0 N–H and O–H groups in total. The fourth-order valence-corrected chi connectivity index (χ4v) is 2.08. The molecule has 2 rings (SSSR count). The summed E-state index contributed by atoms with van der Waals surface area (Å²) in [6.07, 6.45) is 2.77. The number of ether oxygens (including phenoxy) is 1. The molecule has 94 valence electrons. The molecule has 0 aromatic carbocycles. The number of carbonyl (C=O) groups excluding carboxylic acids is 1. The number of rotatable bonds is 3. The first kappa shape index (κ1) is 12.6. The molecule has 0 saturated carbocycles. The third kappa shape index (κ3) is 2.51. The Morgan fingerprint density at radius 2 is 2.22 bits per heavy atom. The maximum absolute atomic E-state index is 11.5. The monoisotopic (exact) mass is 265 g/mol. The second-order valence-electron chi connectivity index (χ2n) is 3.46. The molecule has 2 heterocycles. The Labute approximate surface area is 108 Å². The van der Waals surface area contributed by atoms with Gasteiger partial charge in [0, 0.05) is 6.20 Å². The van der Waals surface area contributed by atoms with Crippen molar-refractivity contribution in [3.05, 3.63) is 29.5 Å². The van der Waals surface area contributed by atoms with Crippen LogP contribution >= 0.6 is 11.8 Å². The molecule has 0 saturated heterocycles. The minimum atomic E-state index is -0.488. The van der Waals surface area contributed by atoms with Crippen molar-refractivity contribution in [2.45, 2.75) is 24.1 Å². The van der Waals surface area contributed by atoms with Gasteiger partial charge in [-0.2, -0.15) is 0 Å². The van der Waals surface area contributed by atoms with Crippen LogP contribution in [0.1, 0.15) is 21.8 Å². The average Bonchev–Trinajstić information content (AvgIpc) is 2.68. The molecule has 0 aliphatic rings. The lowest BCUT2D eigenvalue weighted by molar-refractivity contribution is 0.0595. The molecule has 0 fully saturated rings. The van der Waals surface area contributed by atoms with Crippen LogP contribution in [0.4, 0.5) is 0 Å². The first-order chi connectivity index (χ1) is 8.61. The third-order valence-corrected chi connectivity index (χ3v) is 3.14. The molecule has 0 amide bonds. The highest BCUT2D eigenvalue weighted by molar-refractivity contribution is 7.99. The van der Waals surface area contributed by atoms with Gasteiger partial charge in [-0.3, -0.25) is 0 Å². The smallest absolute Gasteiger partial charge is 0.342 e. The van der Waals surface area contributed by atoms with Crippen LogP contribution in [0.3, 0.4) is 0 Å². The van der Waals surface area contributed by atoms with Gasteiger partial charge in [0.15, 0.2) is 0 Å². The Balaban J connectivity index is 2.31. The second kappa shape index (κ2) is 5.18. The fourth-order valence-electron chi connectivity index (χ4n) is 1.22. The van der Waals surface area contributed by atoms with E-state index in [1.165, 1.54) is 19.6 Å². The molecule has 0 atom stereocenters. The van der Waals surface area contributed by atoms with Crippen molar-refractivity contribution < 1.29 is 13.9 Å². The lowest BCUT2D eigenvalue weighted by Gasteiger charge is -2.02. The van der Waals surface area contributed by atoms with Crippen molar-refractivity contribution in [2.75, 3.05) is 7.11 Å². The summed E-state index contributed by atoms with van der Waals surface area (Å²) in [6, 6.07) is 0. The molecule has 7 heteroatoms. The predicted octanol–water partition coefficient (Wildman–Crippen LogP) is 2.02. The van der Waals surface area contributed by atoms with Gasteiger partial charge in [0.05, 0.1) is 12.8 Å². The first-order valence-electron chi connectivity index (χ1n) is 5.12. The largest absolute Gasteiger partial charge is 0.465 e. The zero-order valence-corrected chi connectivity index (χ0v) is 10.9. The summed E-state index contributed by atoms with van der Waals surface area (Å²) in [5, 5.41) is 0.895. The number of hydrogen-bond donors (Lipinski definition) is 0. The van der Waals surface area contributed by atoms with Gasteiger partial charge in [-0.25, -0.2) is 19.7 Å². The topological polar surface area (TPSA) is 78.1 Å². The maximum atomic E-state index is 11.5. The van der Waals surface area contributed by atoms with Gasteiger partial charge in [0.25, 0.3) is 5.22 Å². The van der Waals surface area contributed by atoms with Gasteiger partial charge in [0.2, 0.25) is 0 Å². The average molecular weight is 265 g/mol. The highest BCUT2D eigenvalue weighted by atomic mass is 32.2. The van der Waals surface area contributed by atoms with Gasteiger partial charge in [-0.05, 0) is 25.6 Å². The second-order valence-corrected chi connectivity index (χ2v) is 4.40. The van der Waals surface area contributed by atoms with E-state index < -0.39 is 5.97 Å². The molecule has 0 spiro atoms. The molecule has 0 aliphatic heterocycles. The van der Waals surface area contributed by atoms with E-state index in [-0.39, 0.29) is 0 Å². The summed E-state index contributed by atoms with van der Waals surface area (Å²) in [6.45, 7) is 3.68. The molecule has 0 unspecified atom stereocenters. The predicted molar refractivity (Wildman–Crippen MR) is 63.5 cm³/mol. The lowest BCUT2D eigenvalue weighted by Crippen LogP contribution is -2.05. The van der Waals surface area contributed by atoms with Crippen molar-refractivity contribution in [3.8, 4) is 0 Å². The van der Waals surface area contributed by atoms with Gasteiger partial charge in [0.1, 0.15) is 22.7 Å². The molecule has 2 aromatic heterocycles.